The average molecular weight is 357 g/mol. The van der Waals surface area contributed by atoms with Crippen molar-refractivity contribution >= 4 is 11.9 Å². The lowest BCUT2D eigenvalue weighted by atomic mass is 10.1. The van der Waals surface area contributed by atoms with Crippen LogP contribution in [0.25, 0.3) is 0 Å². The normalized spacial score (nSPS) is 11.6. The summed E-state index contributed by atoms with van der Waals surface area (Å²) in [4.78, 5) is 22.9. The number of amides is 1. The van der Waals surface area contributed by atoms with Crippen molar-refractivity contribution in [3.8, 4) is 5.75 Å². The summed E-state index contributed by atoms with van der Waals surface area (Å²) in [6.45, 7) is 2.41. The molecule has 2 aromatic carbocycles. The zero-order chi connectivity index (χ0) is 18.9. The van der Waals surface area contributed by atoms with Crippen LogP contribution >= 0.6 is 0 Å². The first-order valence-electron chi connectivity index (χ1n) is 8.28. The van der Waals surface area contributed by atoms with Crippen LogP contribution in [-0.4, -0.2) is 36.7 Å². The molecule has 26 heavy (non-hydrogen) atoms. The van der Waals surface area contributed by atoms with Gasteiger partial charge < -0.3 is 19.9 Å². The van der Waals surface area contributed by atoms with Crippen LogP contribution in [0.1, 0.15) is 16.7 Å². The fourth-order valence-electron chi connectivity index (χ4n) is 2.40. The van der Waals surface area contributed by atoms with E-state index in [1.807, 2.05) is 55.5 Å². The first-order valence-corrected chi connectivity index (χ1v) is 8.28. The Bertz CT molecular complexity index is 759. The van der Waals surface area contributed by atoms with Crippen molar-refractivity contribution in [1.29, 1.82) is 0 Å². The van der Waals surface area contributed by atoms with Gasteiger partial charge in [-0.25, -0.2) is 4.79 Å². The number of carboxylic acids is 1. The average Bonchev–Trinajstić information content (AvgIpc) is 2.61. The fraction of sp³-hybridized carbons (Fsp3) is 0.300. The summed E-state index contributed by atoms with van der Waals surface area (Å²) in [5, 5.41) is 11.5. The zero-order valence-corrected chi connectivity index (χ0v) is 14.9. The van der Waals surface area contributed by atoms with Gasteiger partial charge in [0, 0.05) is 7.11 Å². The molecular weight excluding hydrogens is 334 g/mol. The van der Waals surface area contributed by atoms with Crippen molar-refractivity contribution in [3.05, 3.63) is 65.2 Å². The van der Waals surface area contributed by atoms with E-state index in [2.05, 4.69) is 5.32 Å². The summed E-state index contributed by atoms with van der Waals surface area (Å²) in [5.41, 5.74) is 3.05. The Balaban J connectivity index is 1.89. The monoisotopic (exact) mass is 357 g/mol. The largest absolute Gasteiger partial charge is 0.489 e. The van der Waals surface area contributed by atoms with E-state index in [1.54, 1.807) is 0 Å². The molecule has 0 aromatic heterocycles. The summed E-state index contributed by atoms with van der Waals surface area (Å²) >= 11 is 0. The predicted octanol–water partition coefficient (Wildman–Crippen LogP) is 2.33. The highest BCUT2D eigenvalue weighted by atomic mass is 16.5. The summed E-state index contributed by atoms with van der Waals surface area (Å²) in [5.74, 6) is -0.706. The van der Waals surface area contributed by atoms with Crippen molar-refractivity contribution in [1.82, 2.24) is 5.32 Å². The molecule has 138 valence electrons. The van der Waals surface area contributed by atoms with E-state index in [-0.39, 0.29) is 18.9 Å². The highest BCUT2D eigenvalue weighted by Gasteiger charge is 2.17. The van der Waals surface area contributed by atoms with Crippen molar-refractivity contribution in [3.63, 3.8) is 0 Å². The Morgan fingerprint density at radius 2 is 1.92 bits per heavy atom. The van der Waals surface area contributed by atoms with E-state index in [4.69, 9.17) is 14.6 Å². The van der Waals surface area contributed by atoms with Gasteiger partial charge in [-0.3, -0.25) is 4.79 Å². The molecule has 0 aliphatic carbocycles. The lowest BCUT2D eigenvalue weighted by Crippen LogP contribution is -2.38. The van der Waals surface area contributed by atoms with Crippen molar-refractivity contribution in [2.24, 2.45) is 0 Å². The molecule has 1 amide bonds. The van der Waals surface area contributed by atoms with Crippen LogP contribution in [0, 0.1) is 6.92 Å². The molecule has 1 unspecified atom stereocenters. The highest BCUT2D eigenvalue weighted by Crippen LogP contribution is 2.17. The Morgan fingerprint density at radius 3 is 2.62 bits per heavy atom. The van der Waals surface area contributed by atoms with E-state index in [0.29, 0.717) is 12.4 Å². The van der Waals surface area contributed by atoms with E-state index in [1.165, 1.54) is 7.11 Å². The number of hydrogen-bond donors (Lipinski definition) is 2. The van der Waals surface area contributed by atoms with Gasteiger partial charge in [0.2, 0.25) is 5.91 Å². The second-order valence-electron chi connectivity index (χ2n) is 5.91. The van der Waals surface area contributed by atoms with Crippen LogP contribution in [0.2, 0.25) is 0 Å². The summed E-state index contributed by atoms with van der Waals surface area (Å²) in [7, 11) is 1.29. The number of carbonyl (C=O) groups excluding carboxylic acids is 1. The third kappa shape index (κ3) is 5.89. The summed E-state index contributed by atoms with van der Waals surface area (Å²) < 4.78 is 10.6. The molecule has 0 radical (unpaired) electrons. The van der Waals surface area contributed by atoms with E-state index in [9.17, 15) is 9.59 Å². The molecule has 0 saturated carbocycles. The van der Waals surface area contributed by atoms with Gasteiger partial charge in [0.15, 0.2) is 6.10 Å². The van der Waals surface area contributed by atoms with Crippen LogP contribution in [0.4, 0.5) is 0 Å². The molecule has 2 rings (SSSR count). The predicted molar refractivity (Wildman–Crippen MR) is 97.1 cm³/mol. The number of aryl methyl sites for hydroxylation is 1. The first-order chi connectivity index (χ1) is 12.5. The number of benzene rings is 2. The van der Waals surface area contributed by atoms with E-state index < -0.39 is 12.1 Å². The van der Waals surface area contributed by atoms with Gasteiger partial charge in [0.1, 0.15) is 12.4 Å². The molecule has 0 aliphatic heterocycles. The second-order valence-corrected chi connectivity index (χ2v) is 5.91. The lowest BCUT2D eigenvalue weighted by Gasteiger charge is -2.12. The molecule has 0 spiro atoms. The molecule has 6 nitrogen and oxygen atoms in total. The number of hydrogen-bond acceptors (Lipinski definition) is 4. The molecule has 0 bridgehead atoms. The zero-order valence-electron chi connectivity index (χ0n) is 14.9. The summed E-state index contributed by atoms with van der Waals surface area (Å²) in [6, 6.07) is 15.3. The number of carboxylic acid groups (broad SMARTS) is 1. The highest BCUT2D eigenvalue weighted by molar-refractivity contribution is 5.80. The van der Waals surface area contributed by atoms with Gasteiger partial charge in [-0.2, -0.15) is 0 Å². The topological polar surface area (TPSA) is 84.9 Å². The van der Waals surface area contributed by atoms with Gasteiger partial charge in [0.25, 0.3) is 0 Å². The Morgan fingerprint density at radius 1 is 1.15 bits per heavy atom. The standard InChI is InChI=1S/C20H23NO5/c1-14-6-3-4-8-16(14)13-26-17-9-5-7-15(10-17)11-19(22)21-12-18(25-2)20(23)24/h3-10,18H,11-13H2,1-2H3,(H,21,22)(H,23,24). The van der Waals surface area contributed by atoms with Gasteiger partial charge >= 0.3 is 5.97 Å². The van der Waals surface area contributed by atoms with Crippen LogP contribution in [-0.2, 0) is 27.4 Å². The molecule has 0 fully saturated rings. The van der Waals surface area contributed by atoms with Crippen molar-refractivity contribution in [2.45, 2.75) is 26.1 Å². The first kappa shape index (κ1) is 19.5. The third-order valence-electron chi connectivity index (χ3n) is 3.96. The molecule has 0 aliphatic rings. The van der Waals surface area contributed by atoms with Gasteiger partial charge in [-0.1, -0.05) is 36.4 Å². The van der Waals surface area contributed by atoms with Gasteiger partial charge in [-0.05, 0) is 35.7 Å². The molecule has 6 heteroatoms. The maximum Gasteiger partial charge on any atom is 0.334 e. The number of methoxy groups -OCH3 is 1. The molecule has 0 saturated heterocycles. The molecule has 0 heterocycles. The van der Waals surface area contributed by atoms with E-state index in [0.717, 1.165) is 16.7 Å². The molecule has 1 atom stereocenters. The Hall–Kier alpha value is -2.86. The SMILES string of the molecule is COC(CNC(=O)Cc1cccc(OCc2ccccc2C)c1)C(=O)O. The van der Waals surface area contributed by atoms with Gasteiger partial charge in [-0.15, -0.1) is 0 Å². The van der Waals surface area contributed by atoms with Crippen molar-refractivity contribution < 1.29 is 24.2 Å². The summed E-state index contributed by atoms with van der Waals surface area (Å²) in [6.07, 6.45) is -0.917. The third-order valence-corrected chi connectivity index (χ3v) is 3.96. The number of aliphatic carboxylic acids is 1. The maximum atomic E-state index is 12.0. The second kappa shape index (κ2) is 9.58. The number of nitrogens with one attached hydrogen (secondary N) is 1. The van der Waals surface area contributed by atoms with Gasteiger partial charge in [0.05, 0.1) is 13.0 Å². The Kier molecular flexibility index (Phi) is 7.17. The Labute approximate surface area is 152 Å². The minimum Gasteiger partial charge on any atom is -0.489 e. The number of ether oxygens (including phenoxy) is 2. The molecule has 2 aromatic rings. The quantitative estimate of drug-likeness (QED) is 0.719. The van der Waals surface area contributed by atoms with Crippen LogP contribution < -0.4 is 10.1 Å². The fourth-order valence-corrected chi connectivity index (χ4v) is 2.40. The smallest absolute Gasteiger partial charge is 0.334 e. The van der Waals surface area contributed by atoms with Crippen molar-refractivity contribution in [2.75, 3.05) is 13.7 Å². The lowest BCUT2D eigenvalue weighted by molar-refractivity contribution is -0.148. The van der Waals surface area contributed by atoms with Crippen LogP contribution in [0.5, 0.6) is 5.75 Å². The number of rotatable bonds is 9. The minimum atomic E-state index is -1.11. The van der Waals surface area contributed by atoms with Crippen LogP contribution in [0.3, 0.4) is 0 Å². The molecule has 2 N–H and O–H groups in total. The van der Waals surface area contributed by atoms with Crippen LogP contribution in [0.15, 0.2) is 48.5 Å². The number of carbonyl (C=O) groups is 2. The molecular formula is C20H23NO5. The van der Waals surface area contributed by atoms with E-state index >= 15 is 0 Å². The minimum absolute atomic E-state index is 0.0753. The maximum absolute atomic E-state index is 12.0.